The van der Waals surface area contributed by atoms with Crippen molar-refractivity contribution in [2.45, 2.75) is 13.5 Å². The van der Waals surface area contributed by atoms with Crippen molar-refractivity contribution in [3.8, 4) is 5.69 Å². The molecule has 0 spiro atoms. The van der Waals surface area contributed by atoms with Crippen LogP contribution in [-0.2, 0) is 6.61 Å². The lowest BCUT2D eigenvalue weighted by Gasteiger charge is -2.04. The van der Waals surface area contributed by atoms with Gasteiger partial charge in [0.25, 0.3) is 5.91 Å². The molecule has 23 heavy (non-hydrogen) atoms. The number of anilines is 1. The van der Waals surface area contributed by atoms with Crippen molar-refractivity contribution in [1.82, 2.24) is 15.0 Å². The third kappa shape index (κ3) is 3.44. The summed E-state index contributed by atoms with van der Waals surface area (Å²) in [5.74, 6) is -0.348. The topological polar surface area (TPSA) is 80.0 Å². The Kier molecular flexibility index (Phi) is 4.16. The molecule has 0 saturated carbocycles. The van der Waals surface area contributed by atoms with Crippen LogP contribution in [-0.4, -0.2) is 26.0 Å². The second kappa shape index (κ2) is 6.41. The summed E-state index contributed by atoms with van der Waals surface area (Å²) in [5.41, 5.74) is 3.50. The maximum atomic E-state index is 12.2. The van der Waals surface area contributed by atoms with E-state index < -0.39 is 0 Å². The Labute approximate surface area is 133 Å². The number of carbonyl (C=O) groups excluding carboxylic acids is 1. The summed E-state index contributed by atoms with van der Waals surface area (Å²) < 4.78 is 1.56. The van der Waals surface area contributed by atoms with Gasteiger partial charge in [-0.05, 0) is 42.3 Å². The second-order valence-electron chi connectivity index (χ2n) is 5.20. The molecule has 0 saturated heterocycles. The van der Waals surface area contributed by atoms with Gasteiger partial charge < -0.3 is 10.4 Å². The summed E-state index contributed by atoms with van der Waals surface area (Å²) in [4.78, 5) is 12.2. The number of rotatable bonds is 4. The van der Waals surface area contributed by atoms with Gasteiger partial charge in [-0.2, -0.15) is 0 Å². The SMILES string of the molecule is Cc1cccc(-n2cc(C(=O)Nc3cccc(CO)c3)nn2)c1. The van der Waals surface area contributed by atoms with Crippen LogP contribution in [0.25, 0.3) is 5.69 Å². The standard InChI is InChI=1S/C17H16N4O2/c1-12-4-2-7-15(8-12)21-10-16(19-20-21)17(23)18-14-6-3-5-13(9-14)11-22/h2-10,22H,11H2,1H3,(H,18,23). The van der Waals surface area contributed by atoms with E-state index in [1.165, 1.54) is 0 Å². The molecule has 6 heteroatoms. The van der Waals surface area contributed by atoms with E-state index in [1.807, 2.05) is 31.2 Å². The van der Waals surface area contributed by atoms with Crippen LogP contribution in [0.4, 0.5) is 5.69 Å². The second-order valence-corrected chi connectivity index (χ2v) is 5.20. The number of hydrogen-bond acceptors (Lipinski definition) is 4. The molecular formula is C17H16N4O2. The fraction of sp³-hybridized carbons (Fsp3) is 0.118. The predicted molar refractivity (Wildman–Crippen MR) is 86.4 cm³/mol. The third-order valence-electron chi connectivity index (χ3n) is 3.36. The van der Waals surface area contributed by atoms with E-state index >= 15 is 0 Å². The molecule has 1 heterocycles. The van der Waals surface area contributed by atoms with Crippen molar-refractivity contribution >= 4 is 11.6 Å². The molecular weight excluding hydrogens is 292 g/mol. The number of hydrogen-bond donors (Lipinski definition) is 2. The molecule has 116 valence electrons. The monoisotopic (exact) mass is 308 g/mol. The fourth-order valence-corrected chi connectivity index (χ4v) is 2.21. The Balaban J connectivity index is 1.78. The van der Waals surface area contributed by atoms with Crippen LogP contribution in [0, 0.1) is 6.92 Å². The smallest absolute Gasteiger partial charge is 0.277 e. The van der Waals surface area contributed by atoms with Gasteiger partial charge in [-0.3, -0.25) is 4.79 Å². The lowest BCUT2D eigenvalue weighted by atomic mass is 10.2. The van der Waals surface area contributed by atoms with Gasteiger partial charge in [0, 0.05) is 5.69 Å². The number of aliphatic hydroxyl groups excluding tert-OH is 1. The molecule has 0 radical (unpaired) electrons. The summed E-state index contributed by atoms with van der Waals surface area (Å²) in [6.45, 7) is 1.91. The quantitative estimate of drug-likeness (QED) is 0.775. The lowest BCUT2D eigenvalue weighted by molar-refractivity contribution is 0.102. The number of aromatic nitrogens is 3. The van der Waals surface area contributed by atoms with Gasteiger partial charge in [-0.15, -0.1) is 5.10 Å². The highest BCUT2D eigenvalue weighted by molar-refractivity contribution is 6.02. The van der Waals surface area contributed by atoms with Crippen LogP contribution in [0.2, 0.25) is 0 Å². The highest BCUT2D eigenvalue weighted by Gasteiger charge is 2.12. The normalized spacial score (nSPS) is 10.5. The summed E-state index contributed by atoms with van der Waals surface area (Å²) >= 11 is 0. The number of carbonyl (C=O) groups is 1. The molecule has 6 nitrogen and oxygen atoms in total. The number of aliphatic hydroxyl groups is 1. The van der Waals surface area contributed by atoms with Crippen LogP contribution in [0.3, 0.4) is 0 Å². The number of nitrogens with zero attached hydrogens (tertiary/aromatic N) is 3. The molecule has 2 aromatic carbocycles. The van der Waals surface area contributed by atoms with E-state index in [9.17, 15) is 4.79 Å². The first kappa shape index (κ1) is 14.9. The molecule has 3 aromatic rings. The molecule has 0 fully saturated rings. The molecule has 0 unspecified atom stereocenters. The number of amides is 1. The zero-order valence-electron chi connectivity index (χ0n) is 12.6. The van der Waals surface area contributed by atoms with Gasteiger partial charge in [-0.25, -0.2) is 4.68 Å². The first-order valence-corrected chi connectivity index (χ1v) is 7.16. The first-order valence-electron chi connectivity index (χ1n) is 7.16. The van der Waals surface area contributed by atoms with Crippen LogP contribution < -0.4 is 5.32 Å². The van der Waals surface area contributed by atoms with Crippen LogP contribution >= 0.6 is 0 Å². The van der Waals surface area contributed by atoms with Crippen molar-refractivity contribution in [3.05, 3.63) is 71.5 Å². The molecule has 0 aliphatic rings. The lowest BCUT2D eigenvalue weighted by Crippen LogP contribution is -2.12. The van der Waals surface area contributed by atoms with E-state index in [4.69, 9.17) is 5.11 Å². The van der Waals surface area contributed by atoms with Crippen molar-refractivity contribution in [1.29, 1.82) is 0 Å². The van der Waals surface area contributed by atoms with Crippen molar-refractivity contribution in [3.63, 3.8) is 0 Å². The van der Waals surface area contributed by atoms with Gasteiger partial charge in [0.15, 0.2) is 5.69 Å². The van der Waals surface area contributed by atoms with E-state index in [-0.39, 0.29) is 18.2 Å². The van der Waals surface area contributed by atoms with Crippen LogP contribution in [0.5, 0.6) is 0 Å². The minimum atomic E-state index is -0.348. The van der Waals surface area contributed by atoms with E-state index in [1.54, 1.807) is 35.1 Å². The first-order chi connectivity index (χ1) is 11.2. The van der Waals surface area contributed by atoms with Crippen molar-refractivity contribution < 1.29 is 9.90 Å². The molecule has 1 aromatic heterocycles. The average Bonchev–Trinajstić information content (AvgIpc) is 3.05. The number of aryl methyl sites for hydroxylation is 1. The van der Waals surface area contributed by atoms with Gasteiger partial charge in [0.2, 0.25) is 0 Å². The summed E-state index contributed by atoms with van der Waals surface area (Å²) in [6, 6.07) is 14.8. The number of nitrogens with one attached hydrogen (secondary N) is 1. The van der Waals surface area contributed by atoms with Gasteiger partial charge in [-0.1, -0.05) is 29.5 Å². The van der Waals surface area contributed by atoms with Crippen LogP contribution in [0.1, 0.15) is 21.6 Å². The van der Waals surface area contributed by atoms with E-state index in [0.717, 1.165) is 16.8 Å². The third-order valence-corrected chi connectivity index (χ3v) is 3.36. The molecule has 2 N–H and O–H groups in total. The summed E-state index contributed by atoms with van der Waals surface area (Å²) in [7, 11) is 0. The molecule has 0 bridgehead atoms. The van der Waals surface area contributed by atoms with E-state index in [2.05, 4.69) is 15.6 Å². The Morgan fingerprint density at radius 1 is 1.22 bits per heavy atom. The molecule has 0 atom stereocenters. The zero-order chi connectivity index (χ0) is 16.2. The molecule has 0 aliphatic heterocycles. The molecule has 3 rings (SSSR count). The Morgan fingerprint density at radius 2 is 2.04 bits per heavy atom. The van der Waals surface area contributed by atoms with Crippen molar-refractivity contribution in [2.75, 3.05) is 5.32 Å². The van der Waals surface area contributed by atoms with Gasteiger partial charge in [0.1, 0.15) is 0 Å². The molecule has 1 amide bonds. The van der Waals surface area contributed by atoms with Crippen LogP contribution in [0.15, 0.2) is 54.7 Å². The highest BCUT2D eigenvalue weighted by Crippen LogP contribution is 2.13. The minimum absolute atomic E-state index is 0.0761. The number of benzene rings is 2. The van der Waals surface area contributed by atoms with E-state index in [0.29, 0.717) is 5.69 Å². The summed E-state index contributed by atoms with van der Waals surface area (Å²) in [5, 5.41) is 19.8. The largest absolute Gasteiger partial charge is 0.392 e. The highest BCUT2D eigenvalue weighted by atomic mass is 16.3. The zero-order valence-corrected chi connectivity index (χ0v) is 12.6. The van der Waals surface area contributed by atoms with Crippen molar-refractivity contribution in [2.24, 2.45) is 0 Å². The maximum absolute atomic E-state index is 12.2. The Bertz CT molecular complexity index is 842. The van der Waals surface area contributed by atoms with Gasteiger partial charge in [0.05, 0.1) is 18.5 Å². The molecule has 0 aliphatic carbocycles. The Hall–Kier alpha value is -2.99. The maximum Gasteiger partial charge on any atom is 0.277 e. The predicted octanol–water partition coefficient (Wildman–Crippen LogP) is 2.32. The average molecular weight is 308 g/mol. The Morgan fingerprint density at radius 3 is 2.83 bits per heavy atom. The minimum Gasteiger partial charge on any atom is -0.392 e. The summed E-state index contributed by atoms with van der Waals surface area (Å²) in [6.07, 6.45) is 1.58. The van der Waals surface area contributed by atoms with Gasteiger partial charge >= 0.3 is 0 Å². The fourth-order valence-electron chi connectivity index (χ4n) is 2.21.